The molecule has 3 N–H and O–H groups in total. The normalized spacial score (nSPS) is 17.0. The van der Waals surface area contributed by atoms with Gasteiger partial charge in [0, 0.05) is 49.8 Å². The summed E-state index contributed by atoms with van der Waals surface area (Å²) in [6, 6.07) is 4.79. The van der Waals surface area contributed by atoms with Gasteiger partial charge < -0.3 is 15.6 Å². The number of aromatic amines is 1. The van der Waals surface area contributed by atoms with Gasteiger partial charge in [-0.1, -0.05) is 0 Å². The Labute approximate surface area is 171 Å². The van der Waals surface area contributed by atoms with Crippen LogP contribution in [0.1, 0.15) is 25.3 Å². The smallest absolute Gasteiger partial charge is 0.211 e. The SMILES string of the molecule is CCNC(=NCC1CCN(S(C)(=O)=O)CC1)NCCc1c[nH]c2cc(F)ccc12. The molecule has 2 heterocycles. The lowest BCUT2D eigenvalue weighted by Gasteiger charge is -2.29. The molecule has 1 aliphatic rings. The van der Waals surface area contributed by atoms with Crippen molar-refractivity contribution in [2.24, 2.45) is 10.9 Å². The molecule has 7 nitrogen and oxygen atoms in total. The van der Waals surface area contributed by atoms with Crippen LogP contribution in [0, 0.1) is 11.7 Å². The van der Waals surface area contributed by atoms with Crippen molar-refractivity contribution < 1.29 is 12.8 Å². The van der Waals surface area contributed by atoms with Gasteiger partial charge in [-0.2, -0.15) is 0 Å². The first-order chi connectivity index (χ1) is 13.9. The number of piperidine rings is 1. The van der Waals surface area contributed by atoms with E-state index in [9.17, 15) is 12.8 Å². The first-order valence-electron chi connectivity index (χ1n) is 10.1. The Bertz CT molecular complexity index is 949. The number of H-pyrrole nitrogens is 1. The monoisotopic (exact) mass is 423 g/mol. The highest BCUT2D eigenvalue weighted by molar-refractivity contribution is 7.88. The molecule has 1 aromatic carbocycles. The molecule has 0 radical (unpaired) electrons. The summed E-state index contributed by atoms with van der Waals surface area (Å²) in [6.07, 6.45) is 5.65. The van der Waals surface area contributed by atoms with Crippen LogP contribution >= 0.6 is 0 Å². The van der Waals surface area contributed by atoms with Gasteiger partial charge in [-0.25, -0.2) is 17.1 Å². The lowest BCUT2D eigenvalue weighted by atomic mass is 9.98. The molecule has 1 aliphatic heterocycles. The molecule has 0 bridgehead atoms. The third-order valence-electron chi connectivity index (χ3n) is 5.31. The largest absolute Gasteiger partial charge is 0.361 e. The second-order valence-electron chi connectivity index (χ2n) is 7.51. The highest BCUT2D eigenvalue weighted by Gasteiger charge is 2.24. The minimum absolute atomic E-state index is 0.243. The minimum atomic E-state index is -3.09. The number of fused-ring (bicyclic) bond motifs is 1. The van der Waals surface area contributed by atoms with E-state index in [1.165, 1.54) is 18.4 Å². The van der Waals surface area contributed by atoms with Gasteiger partial charge in [-0.15, -0.1) is 0 Å². The van der Waals surface area contributed by atoms with E-state index in [1.807, 2.05) is 13.1 Å². The van der Waals surface area contributed by atoms with Crippen LogP contribution in [0.25, 0.3) is 10.9 Å². The Hall–Kier alpha value is -2.13. The van der Waals surface area contributed by atoms with E-state index in [0.717, 1.165) is 48.2 Å². The zero-order valence-corrected chi connectivity index (χ0v) is 17.9. The molecule has 0 amide bonds. The molecule has 0 spiro atoms. The Morgan fingerprint density at radius 3 is 2.76 bits per heavy atom. The van der Waals surface area contributed by atoms with Crippen LogP contribution in [0.2, 0.25) is 0 Å². The quantitative estimate of drug-likeness (QED) is 0.470. The van der Waals surface area contributed by atoms with Gasteiger partial charge in [0.1, 0.15) is 5.82 Å². The van der Waals surface area contributed by atoms with Crippen LogP contribution < -0.4 is 10.6 Å². The van der Waals surface area contributed by atoms with Gasteiger partial charge in [-0.05, 0) is 55.9 Å². The third-order valence-corrected chi connectivity index (χ3v) is 6.61. The van der Waals surface area contributed by atoms with E-state index >= 15 is 0 Å². The molecule has 1 aromatic heterocycles. The molecule has 1 saturated heterocycles. The van der Waals surface area contributed by atoms with Gasteiger partial charge in [0.25, 0.3) is 0 Å². The lowest BCUT2D eigenvalue weighted by Crippen LogP contribution is -2.40. The fourth-order valence-electron chi connectivity index (χ4n) is 3.67. The van der Waals surface area contributed by atoms with E-state index in [2.05, 4.69) is 20.6 Å². The van der Waals surface area contributed by atoms with Crippen molar-refractivity contribution in [2.75, 3.05) is 39.0 Å². The van der Waals surface area contributed by atoms with Crippen LogP contribution in [-0.2, 0) is 16.4 Å². The number of aromatic nitrogens is 1. The molecule has 3 rings (SSSR count). The van der Waals surface area contributed by atoms with Crippen molar-refractivity contribution >= 4 is 26.9 Å². The summed E-state index contributed by atoms with van der Waals surface area (Å²) in [5.41, 5.74) is 1.94. The van der Waals surface area contributed by atoms with Crippen molar-refractivity contribution in [1.82, 2.24) is 19.9 Å². The number of hydrogen-bond donors (Lipinski definition) is 3. The number of sulfonamides is 1. The van der Waals surface area contributed by atoms with E-state index in [4.69, 9.17) is 0 Å². The molecule has 0 saturated carbocycles. The fourth-order valence-corrected chi connectivity index (χ4v) is 4.54. The summed E-state index contributed by atoms with van der Waals surface area (Å²) < 4.78 is 38.1. The molecule has 29 heavy (non-hydrogen) atoms. The maximum atomic E-state index is 13.3. The summed E-state index contributed by atoms with van der Waals surface area (Å²) >= 11 is 0. The number of rotatable bonds is 7. The van der Waals surface area contributed by atoms with Gasteiger partial charge >= 0.3 is 0 Å². The van der Waals surface area contributed by atoms with E-state index in [0.29, 0.717) is 32.1 Å². The topological polar surface area (TPSA) is 89.6 Å². The highest BCUT2D eigenvalue weighted by atomic mass is 32.2. The number of benzene rings is 1. The predicted molar refractivity (Wildman–Crippen MR) is 115 cm³/mol. The average molecular weight is 424 g/mol. The molecule has 2 aromatic rings. The standard InChI is InChI=1S/C20H30FN5O2S/c1-3-22-20(25-13-15-7-10-26(11-8-15)29(2,27)28)23-9-6-16-14-24-19-12-17(21)4-5-18(16)19/h4-5,12,14-15,24H,3,6-11,13H2,1-2H3,(H2,22,23,25). The summed E-state index contributed by atoms with van der Waals surface area (Å²) in [4.78, 5) is 7.80. The zero-order valence-electron chi connectivity index (χ0n) is 17.0. The predicted octanol–water partition coefficient (Wildman–Crippen LogP) is 2.08. The Morgan fingerprint density at radius 2 is 2.07 bits per heavy atom. The van der Waals surface area contributed by atoms with Crippen molar-refractivity contribution in [3.63, 3.8) is 0 Å². The molecular weight excluding hydrogens is 393 g/mol. The summed E-state index contributed by atoms with van der Waals surface area (Å²) in [5, 5.41) is 7.64. The second-order valence-corrected chi connectivity index (χ2v) is 9.49. The van der Waals surface area contributed by atoms with Gasteiger partial charge in [0.2, 0.25) is 10.0 Å². The van der Waals surface area contributed by atoms with Crippen LogP contribution in [-0.4, -0.2) is 62.6 Å². The molecule has 0 unspecified atom stereocenters. The summed E-state index contributed by atoms with van der Waals surface area (Å²) in [5.74, 6) is 0.920. The summed E-state index contributed by atoms with van der Waals surface area (Å²) in [6.45, 7) is 5.33. The molecule has 0 aliphatic carbocycles. The van der Waals surface area contributed by atoms with E-state index < -0.39 is 10.0 Å². The number of aliphatic imine (C=N–C) groups is 1. The lowest BCUT2D eigenvalue weighted by molar-refractivity contribution is 0.280. The molecule has 160 valence electrons. The summed E-state index contributed by atoms with van der Waals surface area (Å²) in [7, 11) is -3.09. The maximum Gasteiger partial charge on any atom is 0.211 e. The van der Waals surface area contributed by atoms with Crippen LogP contribution in [0.15, 0.2) is 29.4 Å². The Morgan fingerprint density at radius 1 is 1.31 bits per heavy atom. The molecule has 1 fully saturated rings. The van der Waals surface area contributed by atoms with Gasteiger partial charge in [0.05, 0.1) is 6.26 Å². The second kappa shape index (κ2) is 9.58. The number of halogens is 1. The van der Waals surface area contributed by atoms with Crippen molar-refractivity contribution in [3.8, 4) is 0 Å². The number of guanidine groups is 1. The van der Waals surface area contributed by atoms with E-state index in [-0.39, 0.29) is 5.82 Å². The zero-order chi connectivity index (χ0) is 20.9. The number of nitrogens with zero attached hydrogens (tertiary/aromatic N) is 2. The average Bonchev–Trinajstić information content (AvgIpc) is 3.07. The maximum absolute atomic E-state index is 13.3. The first-order valence-corrected chi connectivity index (χ1v) is 11.9. The van der Waals surface area contributed by atoms with E-state index in [1.54, 1.807) is 10.4 Å². The fraction of sp³-hybridized carbons (Fsp3) is 0.550. The number of nitrogens with one attached hydrogen (secondary N) is 3. The van der Waals surface area contributed by atoms with Crippen molar-refractivity contribution in [1.29, 1.82) is 0 Å². The van der Waals surface area contributed by atoms with Gasteiger partial charge in [0.15, 0.2) is 5.96 Å². The van der Waals surface area contributed by atoms with Crippen molar-refractivity contribution in [3.05, 3.63) is 35.8 Å². The van der Waals surface area contributed by atoms with Crippen LogP contribution in [0.5, 0.6) is 0 Å². The highest BCUT2D eigenvalue weighted by Crippen LogP contribution is 2.20. The molecule has 0 atom stereocenters. The molecule has 9 heteroatoms. The Kier molecular flexibility index (Phi) is 7.13. The minimum Gasteiger partial charge on any atom is -0.361 e. The number of hydrogen-bond acceptors (Lipinski definition) is 3. The van der Waals surface area contributed by atoms with Crippen LogP contribution in [0.4, 0.5) is 4.39 Å². The Balaban J connectivity index is 1.50. The van der Waals surface area contributed by atoms with Crippen molar-refractivity contribution in [2.45, 2.75) is 26.2 Å². The third kappa shape index (κ3) is 5.93. The van der Waals surface area contributed by atoms with Gasteiger partial charge in [-0.3, -0.25) is 4.99 Å². The molecular formula is C20H30FN5O2S. The first kappa shape index (κ1) is 21.6. The van der Waals surface area contributed by atoms with Crippen LogP contribution in [0.3, 0.4) is 0 Å².